The van der Waals surface area contributed by atoms with Gasteiger partial charge in [0.05, 0.1) is 5.52 Å². The Bertz CT molecular complexity index is 1300. The van der Waals surface area contributed by atoms with Gasteiger partial charge in [0.25, 0.3) is 5.91 Å². The van der Waals surface area contributed by atoms with Gasteiger partial charge in [0.1, 0.15) is 0 Å². The Kier molecular flexibility index (Phi) is 7.29. The maximum absolute atomic E-state index is 13.1. The molecule has 0 aliphatic heterocycles. The summed E-state index contributed by atoms with van der Waals surface area (Å²) in [5.41, 5.74) is 5.18. The lowest BCUT2D eigenvalue weighted by atomic mass is 9.90. The first-order valence-corrected chi connectivity index (χ1v) is 12.8. The summed E-state index contributed by atoms with van der Waals surface area (Å²) in [6, 6.07) is 26.9. The van der Waals surface area contributed by atoms with E-state index in [1.807, 2.05) is 54.7 Å². The van der Waals surface area contributed by atoms with Crippen LogP contribution in [0.4, 0.5) is 5.69 Å². The van der Waals surface area contributed by atoms with Crippen molar-refractivity contribution in [2.24, 2.45) is 0 Å². The van der Waals surface area contributed by atoms with Crippen molar-refractivity contribution in [2.45, 2.75) is 50.6 Å². The highest BCUT2D eigenvalue weighted by molar-refractivity contribution is 6.31. The Labute approximate surface area is 211 Å². The van der Waals surface area contributed by atoms with Gasteiger partial charge in [-0.3, -0.25) is 9.78 Å². The molecule has 0 bridgehead atoms. The zero-order valence-electron chi connectivity index (χ0n) is 19.7. The maximum atomic E-state index is 13.1. The third kappa shape index (κ3) is 5.83. The van der Waals surface area contributed by atoms with Crippen LogP contribution in [0, 0.1) is 0 Å². The first-order chi connectivity index (χ1) is 17.2. The minimum Gasteiger partial charge on any atom is -0.382 e. The molecule has 2 N–H and O–H groups in total. The topological polar surface area (TPSA) is 54.0 Å². The van der Waals surface area contributed by atoms with Gasteiger partial charge >= 0.3 is 0 Å². The lowest BCUT2D eigenvalue weighted by Crippen LogP contribution is -2.40. The van der Waals surface area contributed by atoms with Crippen molar-refractivity contribution < 1.29 is 4.79 Å². The van der Waals surface area contributed by atoms with E-state index in [0.29, 0.717) is 11.1 Å². The van der Waals surface area contributed by atoms with Crippen LogP contribution in [0.15, 0.2) is 85.1 Å². The Balaban J connectivity index is 1.17. The SMILES string of the molecule is O=C(NC1CCC(Nc2ccnc3cc(Cl)ccc23)CC1)c1ccccc1CCc1ccccc1. The Morgan fingerprint density at radius 1 is 0.857 bits per heavy atom. The third-order valence-corrected chi connectivity index (χ3v) is 7.15. The molecular weight excluding hydrogens is 454 g/mol. The van der Waals surface area contributed by atoms with Crippen LogP contribution in [0.25, 0.3) is 10.9 Å². The van der Waals surface area contributed by atoms with Crippen LogP contribution < -0.4 is 10.6 Å². The second kappa shape index (κ2) is 10.9. The van der Waals surface area contributed by atoms with Crippen LogP contribution in [0.2, 0.25) is 5.02 Å². The maximum Gasteiger partial charge on any atom is 0.251 e. The highest BCUT2D eigenvalue weighted by atomic mass is 35.5. The fraction of sp³-hybridized carbons (Fsp3) is 0.267. The van der Waals surface area contributed by atoms with Crippen LogP contribution in [-0.4, -0.2) is 23.0 Å². The number of hydrogen-bond acceptors (Lipinski definition) is 3. The van der Waals surface area contributed by atoms with Gasteiger partial charge in [-0.05, 0) is 80.0 Å². The summed E-state index contributed by atoms with van der Waals surface area (Å²) in [6.07, 6.45) is 7.56. The molecule has 0 radical (unpaired) electrons. The predicted molar refractivity (Wildman–Crippen MR) is 144 cm³/mol. The second-order valence-corrected chi connectivity index (χ2v) is 9.77. The van der Waals surface area contributed by atoms with E-state index in [2.05, 4.69) is 45.9 Å². The van der Waals surface area contributed by atoms with E-state index in [4.69, 9.17) is 11.6 Å². The minimum atomic E-state index is 0.0436. The number of carbonyl (C=O) groups excluding carboxylic acids is 1. The first kappa shape index (κ1) is 23.4. The number of anilines is 1. The summed E-state index contributed by atoms with van der Waals surface area (Å²) < 4.78 is 0. The molecule has 1 aromatic heterocycles. The summed E-state index contributed by atoms with van der Waals surface area (Å²) in [6.45, 7) is 0. The van der Waals surface area contributed by atoms with Gasteiger partial charge in [-0.1, -0.05) is 60.1 Å². The van der Waals surface area contributed by atoms with Crippen molar-refractivity contribution in [1.29, 1.82) is 0 Å². The summed E-state index contributed by atoms with van der Waals surface area (Å²) in [5.74, 6) is 0.0436. The Morgan fingerprint density at radius 3 is 2.43 bits per heavy atom. The van der Waals surface area contributed by atoms with E-state index in [0.717, 1.165) is 66.2 Å². The summed E-state index contributed by atoms with van der Waals surface area (Å²) in [7, 11) is 0. The number of fused-ring (bicyclic) bond motifs is 1. The molecule has 5 heteroatoms. The number of nitrogens with zero attached hydrogens (tertiary/aromatic N) is 1. The van der Waals surface area contributed by atoms with E-state index in [-0.39, 0.29) is 11.9 Å². The largest absolute Gasteiger partial charge is 0.382 e. The normalized spacial score (nSPS) is 17.7. The Hall–Kier alpha value is -3.37. The molecule has 1 saturated carbocycles. The highest BCUT2D eigenvalue weighted by Gasteiger charge is 2.24. The lowest BCUT2D eigenvalue weighted by Gasteiger charge is -2.30. The van der Waals surface area contributed by atoms with E-state index >= 15 is 0 Å². The molecule has 0 saturated heterocycles. The number of pyridine rings is 1. The van der Waals surface area contributed by atoms with E-state index < -0.39 is 0 Å². The quantitative estimate of drug-likeness (QED) is 0.303. The standard InChI is InChI=1S/C30H30ClN3O/c31-23-12-17-27-28(18-19-32-29(27)20-23)33-24-13-15-25(16-14-24)34-30(35)26-9-5-4-8-22(26)11-10-21-6-2-1-3-7-21/h1-9,12,17-20,24-25H,10-11,13-16H2,(H,32,33)(H,34,35). The van der Waals surface area contributed by atoms with Crippen LogP contribution in [0.5, 0.6) is 0 Å². The highest BCUT2D eigenvalue weighted by Crippen LogP contribution is 2.28. The van der Waals surface area contributed by atoms with Gasteiger partial charge in [-0.25, -0.2) is 0 Å². The number of aryl methyl sites for hydroxylation is 2. The number of aromatic nitrogens is 1. The van der Waals surface area contributed by atoms with Crippen molar-refractivity contribution in [1.82, 2.24) is 10.3 Å². The van der Waals surface area contributed by atoms with Crippen molar-refractivity contribution in [3.8, 4) is 0 Å². The van der Waals surface area contributed by atoms with Gasteiger partial charge in [0.15, 0.2) is 0 Å². The number of amides is 1. The fourth-order valence-electron chi connectivity index (χ4n) is 5.00. The Morgan fingerprint density at radius 2 is 1.60 bits per heavy atom. The van der Waals surface area contributed by atoms with E-state index in [9.17, 15) is 4.79 Å². The zero-order chi connectivity index (χ0) is 24.0. The molecule has 4 aromatic rings. The van der Waals surface area contributed by atoms with Gasteiger partial charge < -0.3 is 10.6 Å². The molecule has 1 heterocycles. The molecular formula is C30H30ClN3O. The molecule has 1 aliphatic rings. The van der Waals surface area contributed by atoms with Crippen LogP contribution >= 0.6 is 11.6 Å². The third-order valence-electron chi connectivity index (χ3n) is 6.91. The fourth-order valence-corrected chi connectivity index (χ4v) is 5.16. The molecule has 35 heavy (non-hydrogen) atoms. The number of rotatable bonds is 7. The van der Waals surface area contributed by atoms with Crippen molar-refractivity contribution in [3.05, 3.63) is 107 Å². The average Bonchev–Trinajstić information content (AvgIpc) is 2.89. The molecule has 3 aromatic carbocycles. The van der Waals surface area contributed by atoms with Gasteiger partial charge in [-0.15, -0.1) is 0 Å². The van der Waals surface area contributed by atoms with Crippen LogP contribution in [-0.2, 0) is 12.8 Å². The van der Waals surface area contributed by atoms with Crippen molar-refractivity contribution in [2.75, 3.05) is 5.32 Å². The van der Waals surface area contributed by atoms with E-state index in [1.165, 1.54) is 5.56 Å². The summed E-state index contributed by atoms with van der Waals surface area (Å²) in [5, 5.41) is 8.77. The number of benzene rings is 3. The first-order valence-electron chi connectivity index (χ1n) is 12.4. The van der Waals surface area contributed by atoms with Gasteiger partial charge in [0.2, 0.25) is 0 Å². The van der Waals surface area contributed by atoms with Crippen molar-refractivity contribution >= 4 is 34.1 Å². The van der Waals surface area contributed by atoms with E-state index in [1.54, 1.807) is 0 Å². The average molecular weight is 484 g/mol. The number of carbonyl (C=O) groups is 1. The molecule has 0 spiro atoms. The predicted octanol–water partition coefficient (Wildman–Crippen LogP) is 6.83. The molecule has 0 atom stereocenters. The molecule has 1 aliphatic carbocycles. The van der Waals surface area contributed by atoms with Crippen molar-refractivity contribution in [3.63, 3.8) is 0 Å². The molecule has 5 rings (SSSR count). The molecule has 1 fully saturated rings. The number of nitrogens with one attached hydrogen (secondary N) is 2. The van der Waals surface area contributed by atoms with Gasteiger partial charge in [-0.2, -0.15) is 0 Å². The number of hydrogen-bond donors (Lipinski definition) is 2. The summed E-state index contributed by atoms with van der Waals surface area (Å²) in [4.78, 5) is 17.6. The van der Waals surface area contributed by atoms with Gasteiger partial charge in [0, 0.05) is 39.9 Å². The van der Waals surface area contributed by atoms with Crippen LogP contribution in [0.1, 0.15) is 47.2 Å². The van der Waals surface area contributed by atoms with Crippen LogP contribution in [0.3, 0.4) is 0 Å². The minimum absolute atomic E-state index is 0.0436. The summed E-state index contributed by atoms with van der Waals surface area (Å²) >= 11 is 6.13. The molecule has 178 valence electrons. The molecule has 4 nitrogen and oxygen atoms in total. The lowest BCUT2D eigenvalue weighted by molar-refractivity contribution is 0.0925. The second-order valence-electron chi connectivity index (χ2n) is 9.33. The monoisotopic (exact) mass is 483 g/mol. The number of halogens is 1. The smallest absolute Gasteiger partial charge is 0.251 e. The molecule has 1 amide bonds. The molecule has 0 unspecified atom stereocenters. The zero-order valence-corrected chi connectivity index (χ0v) is 20.5.